The predicted molar refractivity (Wildman–Crippen MR) is 102 cm³/mol. The lowest BCUT2D eigenvalue weighted by Crippen LogP contribution is -2.13. The summed E-state index contributed by atoms with van der Waals surface area (Å²) in [7, 11) is 0. The molecule has 26 heavy (non-hydrogen) atoms. The minimum absolute atomic E-state index is 0.176. The van der Waals surface area contributed by atoms with E-state index in [1.165, 1.54) is 6.26 Å². The first-order valence-corrected chi connectivity index (χ1v) is 8.41. The van der Waals surface area contributed by atoms with Crippen LogP contribution in [0.5, 0.6) is 0 Å². The van der Waals surface area contributed by atoms with Crippen LogP contribution < -0.4 is 10.6 Å². The van der Waals surface area contributed by atoms with E-state index in [2.05, 4.69) is 10.6 Å². The molecule has 0 spiro atoms. The molecule has 0 saturated carbocycles. The summed E-state index contributed by atoms with van der Waals surface area (Å²) >= 11 is 12.2. The summed E-state index contributed by atoms with van der Waals surface area (Å²) in [4.78, 5) is 24.3. The van der Waals surface area contributed by atoms with E-state index in [-0.39, 0.29) is 16.7 Å². The summed E-state index contributed by atoms with van der Waals surface area (Å²) in [6.07, 6.45) is 1.41. The molecule has 0 aliphatic carbocycles. The maximum Gasteiger partial charge on any atom is 0.291 e. The van der Waals surface area contributed by atoms with Gasteiger partial charge in [-0.3, -0.25) is 9.59 Å². The van der Waals surface area contributed by atoms with Crippen LogP contribution in [0.15, 0.2) is 59.2 Å². The average molecular weight is 389 g/mol. The monoisotopic (exact) mass is 388 g/mol. The highest BCUT2D eigenvalue weighted by Gasteiger charge is 2.13. The summed E-state index contributed by atoms with van der Waals surface area (Å²) in [5.74, 6) is -0.548. The molecule has 0 aliphatic heterocycles. The van der Waals surface area contributed by atoms with E-state index in [0.29, 0.717) is 22.0 Å². The minimum Gasteiger partial charge on any atom is -0.459 e. The molecule has 2 N–H and O–H groups in total. The first-order chi connectivity index (χ1) is 12.4. The molecule has 0 bridgehead atoms. The standard InChI is InChI=1S/C19H14Cl2N2O3/c1-11-4-5-12(9-14(11)20)18(24)22-13-6-7-16(15(21)10-13)23-19(25)17-3-2-8-26-17/h2-10H,1H3,(H,22,24)(H,23,25). The fourth-order valence-corrected chi connectivity index (χ4v) is 2.63. The molecule has 1 heterocycles. The lowest BCUT2D eigenvalue weighted by molar-refractivity contribution is 0.0994. The Hall–Kier alpha value is -2.76. The van der Waals surface area contributed by atoms with Gasteiger partial charge in [0.1, 0.15) is 0 Å². The zero-order valence-corrected chi connectivity index (χ0v) is 15.2. The predicted octanol–water partition coefficient (Wildman–Crippen LogP) is 5.40. The Kier molecular flexibility index (Phi) is 5.30. The van der Waals surface area contributed by atoms with Crippen molar-refractivity contribution in [3.63, 3.8) is 0 Å². The van der Waals surface area contributed by atoms with Crippen LogP contribution in [0.2, 0.25) is 10.0 Å². The number of aryl methyl sites for hydroxylation is 1. The zero-order chi connectivity index (χ0) is 18.7. The van der Waals surface area contributed by atoms with Crippen LogP contribution in [-0.2, 0) is 0 Å². The van der Waals surface area contributed by atoms with Crippen molar-refractivity contribution in [3.8, 4) is 0 Å². The van der Waals surface area contributed by atoms with Gasteiger partial charge in [0.25, 0.3) is 11.8 Å². The van der Waals surface area contributed by atoms with E-state index in [1.54, 1.807) is 48.5 Å². The SMILES string of the molecule is Cc1ccc(C(=O)Nc2ccc(NC(=O)c3ccco3)c(Cl)c2)cc1Cl. The largest absolute Gasteiger partial charge is 0.459 e. The summed E-state index contributed by atoms with van der Waals surface area (Å²) in [6, 6.07) is 13.0. The number of carbonyl (C=O) groups is 2. The highest BCUT2D eigenvalue weighted by Crippen LogP contribution is 2.26. The van der Waals surface area contributed by atoms with Gasteiger partial charge in [0.15, 0.2) is 5.76 Å². The van der Waals surface area contributed by atoms with Crippen molar-refractivity contribution in [2.45, 2.75) is 6.92 Å². The van der Waals surface area contributed by atoms with Crippen molar-refractivity contribution < 1.29 is 14.0 Å². The molecular weight excluding hydrogens is 375 g/mol. The fraction of sp³-hybridized carbons (Fsp3) is 0.0526. The van der Waals surface area contributed by atoms with Crippen molar-refractivity contribution in [2.24, 2.45) is 0 Å². The summed E-state index contributed by atoms with van der Waals surface area (Å²) in [5.41, 5.74) is 2.23. The topological polar surface area (TPSA) is 71.3 Å². The highest BCUT2D eigenvalue weighted by molar-refractivity contribution is 6.34. The second kappa shape index (κ2) is 7.64. The van der Waals surface area contributed by atoms with Gasteiger partial charge < -0.3 is 15.1 Å². The highest BCUT2D eigenvalue weighted by atomic mass is 35.5. The van der Waals surface area contributed by atoms with Crippen molar-refractivity contribution >= 4 is 46.4 Å². The Balaban J connectivity index is 1.71. The molecule has 5 nitrogen and oxygen atoms in total. The Morgan fingerprint density at radius 3 is 2.38 bits per heavy atom. The molecule has 0 saturated heterocycles. The molecule has 0 fully saturated rings. The molecule has 1 aromatic heterocycles. The van der Waals surface area contributed by atoms with Gasteiger partial charge in [-0.1, -0.05) is 29.3 Å². The molecule has 2 amide bonds. The number of carbonyl (C=O) groups excluding carboxylic acids is 2. The second-order valence-corrected chi connectivity index (χ2v) is 6.36. The van der Waals surface area contributed by atoms with Crippen molar-refractivity contribution in [1.82, 2.24) is 0 Å². The number of hydrogen-bond acceptors (Lipinski definition) is 3. The lowest BCUT2D eigenvalue weighted by atomic mass is 10.1. The third kappa shape index (κ3) is 4.07. The van der Waals surface area contributed by atoms with Crippen LogP contribution in [0.4, 0.5) is 11.4 Å². The Labute approximate surface area is 159 Å². The second-order valence-electron chi connectivity index (χ2n) is 5.54. The van der Waals surface area contributed by atoms with Crippen LogP contribution in [0.1, 0.15) is 26.5 Å². The van der Waals surface area contributed by atoms with Crippen molar-refractivity contribution in [3.05, 3.63) is 81.7 Å². The van der Waals surface area contributed by atoms with Gasteiger partial charge >= 0.3 is 0 Å². The Bertz CT molecular complexity index is 969. The number of nitrogens with one attached hydrogen (secondary N) is 2. The van der Waals surface area contributed by atoms with Gasteiger partial charge in [-0.25, -0.2) is 0 Å². The van der Waals surface area contributed by atoms with Crippen LogP contribution in [0.3, 0.4) is 0 Å². The number of furan rings is 1. The van der Waals surface area contributed by atoms with Crippen LogP contribution in [-0.4, -0.2) is 11.8 Å². The first-order valence-electron chi connectivity index (χ1n) is 7.66. The van der Waals surface area contributed by atoms with E-state index >= 15 is 0 Å². The maximum atomic E-state index is 12.3. The van der Waals surface area contributed by atoms with Gasteiger partial charge in [-0.15, -0.1) is 0 Å². The average Bonchev–Trinajstić information content (AvgIpc) is 3.14. The molecule has 0 atom stereocenters. The third-order valence-electron chi connectivity index (χ3n) is 3.65. The number of hydrogen-bond donors (Lipinski definition) is 2. The molecule has 3 aromatic rings. The molecule has 0 unspecified atom stereocenters. The van der Waals surface area contributed by atoms with E-state index in [9.17, 15) is 9.59 Å². The zero-order valence-electron chi connectivity index (χ0n) is 13.7. The fourth-order valence-electron chi connectivity index (χ4n) is 2.22. The van der Waals surface area contributed by atoms with Gasteiger partial charge in [-0.2, -0.15) is 0 Å². The number of anilines is 2. The van der Waals surface area contributed by atoms with Gasteiger partial charge in [0, 0.05) is 16.3 Å². The van der Waals surface area contributed by atoms with Crippen LogP contribution in [0.25, 0.3) is 0 Å². The molecule has 7 heteroatoms. The maximum absolute atomic E-state index is 12.3. The van der Waals surface area contributed by atoms with Crippen molar-refractivity contribution in [1.29, 1.82) is 0 Å². The number of amides is 2. The molecule has 3 rings (SSSR count). The van der Waals surface area contributed by atoms with Crippen molar-refractivity contribution in [2.75, 3.05) is 10.6 Å². The van der Waals surface area contributed by atoms with Gasteiger partial charge in [0.05, 0.1) is 17.0 Å². The molecule has 0 aliphatic rings. The Morgan fingerprint density at radius 2 is 1.73 bits per heavy atom. The van der Waals surface area contributed by atoms with E-state index in [4.69, 9.17) is 27.6 Å². The third-order valence-corrected chi connectivity index (χ3v) is 4.37. The molecular formula is C19H14Cl2N2O3. The number of benzene rings is 2. The van der Waals surface area contributed by atoms with E-state index < -0.39 is 5.91 Å². The minimum atomic E-state index is -0.414. The van der Waals surface area contributed by atoms with Gasteiger partial charge in [-0.05, 0) is 55.0 Å². The van der Waals surface area contributed by atoms with Gasteiger partial charge in [0.2, 0.25) is 0 Å². The molecule has 2 aromatic carbocycles. The summed E-state index contributed by atoms with van der Waals surface area (Å²) in [5, 5.41) is 6.19. The summed E-state index contributed by atoms with van der Waals surface area (Å²) < 4.78 is 5.03. The molecule has 132 valence electrons. The quantitative estimate of drug-likeness (QED) is 0.628. The lowest BCUT2D eigenvalue weighted by Gasteiger charge is -2.10. The molecule has 0 radical (unpaired) electrons. The van der Waals surface area contributed by atoms with E-state index in [0.717, 1.165) is 5.56 Å². The first kappa shape index (κ1) is 18.0. The van der Waals surface area contributed by atoms with E-state index in [1.807, 2.05) is 6.92 Å². The number of rotatable bonds is 4. The van der Waals surface area contributed by atoms with Crippen LogP contribution in [0, 0.1) is 6.92 Å². The number of halogens is 2. The Morgan fingerprint density at radius 1 is 0.923 bits per heavy atom. The van der Waals surface area contributed by atoms with Crippen LogP contribution >= 0.6 is 23.2 Å². The summed E-state index contributed by atoms with van der Waals surface area (Å²) in [6.45, 7) is 1.86. The smallest absolute Gasteiger partial charge is 0.291 e. The normalized spacial score (nSPS) is 10.4.